The van der Waals surface area contributed by atoms with Crippen LogP contribution in [0.3, 0.4) is 0 Å². The molecule has 6 heteroatoms. The highest BCUT2D eigenvalue weighted by molar-refractivity contribution is 5.92. The highest BCUT2D eigenvalue weighted by Gasteiger charge is 2.27. The summed E-state index contributed by atoms with van der Waals surface area (Å²) in [6.07, 6.45) is 1.99. The predicted octanol–water partition coefficient (Wildman–Crippen LogP) is 1.70. The molecule has 0 saturated carbocycles. The van der Waals surface area contributed by atoms with E-state index in [0.29, 0.717) is 12.2 Å². The first-order valence-electron chi connectivity index (χ1n) is 6.88. The van der Waals surface area contributed by atoms with Crippen molar-refractivity contribution in [1.82, 2.24) is 14.7 Å². The van der Waals surface area contributed by atoms with Gasteiger partial charge < -0.3 is 10.6 Å². The first-order valence-corrected chi connectivity index (χ1v) is 6.88. The average Bonchev–Trinajstić information content (AvgIpc) is 2.70. The predicted molar refractivity (Wildman–Crippen MR) is 82.3 cm³/mol. The topological polar surface area (TPSA) is 64.2 Å². The van der Waals surface area contributed by atoms with Crippen LogP contribution in [0.2, 0.25) is 0 Å². The second-order valence-electron chi connectivity index (χ2n) is 6.44. The van der Waals surface area contributed by atoms with E-state index in [0.717, 1.165) is 25.1 Å². The molecule has 1 atom stereocenters. The van der Waals surface area contributed by atoms with Crippen LogP contribution < -0.4 is 5.73 Å². The van der Waals surface area contributed by atoms with Gasteiger partial charge in [-0.2, -0.15) is 5.10 Å². The molecule has 1 aliphatic heterocycles. The van der Waals surface area contributed by atoms with Crippen LogP contribution in [-0.2, 0) is 12.5 Å². The Morgan fingerprint density at radius 3 is 2.60 bits per heavy atom. The van der Waals surface area contributed by atoms with Gasteiger partial charge in [0.15, 0.2) is 0 Å². The fourth-order valence-corrected chi connectivity index (χ4v) is 2.39. The maximum absolute atomic E-state index is 12.5. The Bertz CT molecular complexity index is 478. The molecule has 2 heterocycles. The molecule has 0 aromatic carbocycles. The maximum Gasteiger partial charge on any atom is 0.272 e. The number of aryl methyl sites for hydroxylation is 1. The third-order valence-electron chi connectivity index (χ3n) is 3.61. The lowest BCUT2D eigenvalue weighted by molar-refractivity contribution is 0.0697. The van der Waals surface area contributed by atoms with Crippen LogP contribution in [0.5, 0.6) is 0 Å². The van der Waals surface area contributed by atoms with Crippen LogP contribution >= 0.6 is 12.4 Å². The summed E-state index contributed by atoms with van der Waals surface area (Å²) >= 11 is 0. The van der Waals surface area contributed by atoms with Crippen molar-refractivity contribution in [3.8, 4) is 0 Å². The van der Waals surface area contributed by atoms with Gasteiger partial charge in [-0.3, -0.25) is 9.48 Å². The van der Waals surface area contributed by atoms with E-state index < -0.39 is 0 Å². The normalized spacial score (nSPS) is 19.6. The van der Waals surface area contributed by atoms with Gasteiger partial charge >= 0.3 is 0 Å². The number of halogens is 1. The molecule has 2 N–H and O–H groups in total. The molecule has 1 aliphatic rings. The van der Waals surface area contributed by atoms with Crippen LogP contribution in [0.15, 0.2) is 6.07 Å². The van der Waals surface area contributed by atoms with E-state index in [2.05, 4.69) is 25.9 Å². The van der Waals surface area contributed by atoms with E-state index in [1.165, 1.54) is 0 Å². The molecule has 1 saturated heterocycles. The molecule has 0 aliphatic carbocycles. The van der Waals surface area contributed by atoms with Gasteiger partial charge in [0.05, 0.1) is 5.69 Å². The summed E-state index contributed by atoms with van der Waals surface area (Å²) in [5.74, 6) is 0.0423. The van der Waals surface area contributed by atoms with Crippen LogP contribution in [0, 0.1) is 0 Å². The van der Waals surface area contributed by atoms with Crippen molar-refractivity contribution >= 4 is 18.3 Å². The van der Waals surface area contributed by atoms with Gasteiger partial charge in [-0.25, -0.2) is 0 Å². The smallest absolute Gasteiger partial charge is 0.272 e. The number of nitrogens with two attached hydrogens (primary N) is 1. The Labute approximate surface area is 126 Å². The minimum Gasteiger partial charge on any atom is -0.336 e. The Kier molecular flexibility index (Phi) is 5.21. The van der Waals surface area contributed by atoms with E-state index in [-0.39, 0.29) is 29.8 Å². The molecule has 1 unspecified atom stereocenters. The third kappa shape index (κ3) is 3.52. The molecule has 20 heavy (non-hydrogen) atoms. The van der Waals surface area contributed by atoms with Gasteiger partial charge in [-0.05, 0) is 18.9 Å². The molecule has 0 bridgehead atoms. The Balaban J connectivity index is 0.00000200. The Morgan fingerprint density at radius 1 is 1.45 bits per heavy atom. The van der Waals surface area contributed by atoms with E-state index in [1.54, 1.807) is 4.68 Å². The summed E-state index contributed by atoms with van der Waals surface area (Å²) in [6.45, 7) is 7.73. The first kappa shape index (κ1) is 17.0. The SMILES string of the molecule is Cl.Cn1nc(C(C)(C)C)cc1C(=O)N1CCCC(N)C1. The number of piperidine rings is 1. The van der Waals surface area contributed by atoms with E-state index in [1.807, 2.05) is 18.0 Å². The second-order valence-corrected chi connectivity index (χ2v) is 6.44. The Hall–Kier alpha value is -1.07. The fourth-order valence-electron chi connectivity index (χ4n) is 2.39. The summed E-state index contributed by atoms with van der Waals surface area (Å²) in [4.78, 5) is 14.4. The van der Waals surface area contributed by atoms with Crippen LogP contribution in [0.4, 0.5) is 0 Å². The molecule has 0 spiro atoms. The molecule has 1 aromatic heterocycles. The van der Waals surface area contributed by atoms with Crippen molar-refractivity contribution in [2.24, 2.45) is 12.8 Å². The zero-order valence-electron chi connectivity index (χ0n) is 12.7. The van der Waals surface area contributed by atoms with Gasteiger partial charge in [0.1, 0.15) is 5.69 Å². The molecular formula is C14H25ClN4O. The molecule has 1 aromatic rings. The number of hydrogen-bond acceptors (Lipinski definition) is 3. The molecule has 1 fully saturated rings. The lowest BCUT2D eigenvalue weighted by atomic mass is 9.92. The summed E-state index contributed by atoms with van der Waals surface area (Å²) in [6, 6.07) is 2.01. The van der Waals surface area contributed by atoms with Crippen molar-refractivity contribution in [2.45, 2.75) is 45.1 Å². The zero-order chi connectivity index (χ0) is 14.2. The van der Waals surface area contributed by atoms with Gasteiger partial charge in [0.2, 0.25) is 0 Å². The fraction of sp³-hybridized carbons (Fsp3) is 0.714. The highest BCUT2D eigenvalue weighted by Crippen LogP contribution is 2.22. The second kappa shape index (κ2) is 6.14. The van der Waals surface area contributed by atoms with Crippen molar-refractivity contribution in [2.75, 3.05) is 13.1 Å². The summed E-state index contributed by atoms with van der Waals surface area (Å²) in [7, 11) is 1.83. The first-order chi connectivity index (χ1) is 8.79. The van der Waals surface area contributed by atoms with Gasteiger partial charge in [0.25, 0.3) is 5.91 Å². The number of amides is 1. The summed E-state index contributed by atoms with van der Waals surface area (Å²) in [5.41, 5.74) is 7.49. The highest BCUT2D eigenvalue weighted by atomic mass is 35.5. The van der Waals surface area contributed by atoms with E-state index in [4.69, 9.17) is 5.73 Å². The minimum atomic E-state index is -0.0470. The van der Waals surface area contributed by atoms with Gasteiger partial charge in [0, 0.05) is 31.6 Å². The van der Waals surface area contributed by atoms with Crippen LogP contribution in [0.25, 0.3) is 0 Å². The zero-order valence-corrected chi connectivity index (χ0v) is 13.5. The monoisotopic (exact) mass is 300 g/mol. The minimum absolute atomic E-state index is 0. The van der Waals surface area contributed by atoms with Crippen molar-refractivity contribution in [1.29, 1.82) is 0 Å². The van der Waals surface area contributed by atoms with E-state index in [9.17, 15) is 4.79 Å². The molecule has 2 rings (SSSR count). The Morgan fingerprint density at radius 2 is 2.10 bits per heavy atom. The molecule has 0 radical (unpaired) electrons. The number of aromatic nitrogens is 2. The standard InChI is InChI=1S/C14H24N4O.ClH/c1-14(2,3)12-8-11(17(4)16-12)13(19)18-7-5-6-10(15)9-18;/h8,10H,5-7,9,15H2,1-4H3;1H. The maximum atomic E-state index is 12.5. The van der Waals surface area contributed by atoms with Gasteiger partial charge in [-0.1, -0.05) is 20.8 Å². The lowest BCUT2D eigenvalue weighted by Crippen LogP contribution is -2.46. The van der Waals surface area contributed by atoms with Gasteiger partial charge in [-0.15, -0.1) is 12.4 Å². The number of nitrogens with zero attached hydrogens (tertiary/aromatic N) is 3. The summed E-state index contributed by atoms with van der Waals surface area (Å²) in [5, 5.41) is 4.45. The third-order valence-corrected chi connectivity index (χ3v) is 3.61. The quantitative estimate of drug-likeness (QED) is 0.858. The van der Waals surface area contributed by atoms with Crippen molar-refractivity contribution in [3.05, 3.63) is 17.5 Å². The summed E-state index contributed by atoms with van der Waals surface area (Å²) < 4.78 is 1.68. The molecule has 114 valence electrons. The number of carbonyl (C=O) groups is 1. The van der Waals surface area contributed by atoms with Crippen LogP contribution in [-0.4, -0.2) is 39.7 Å². The van der Waals surface area contributed by atoms with Crippen molar-refractivity contribution < 1.29 is 4.79 Å². The molecule has 1 amide bonds. The van der Waals surface area contributed by atoms with Crippen molar-refractivity contribution in [3.63, 3.8) is 0 Å². The van der Waals surface area contributed by atoms with E-state index >= 15 is 0 Å². The number of likely N-dealkylation sites (tertiary alicyclic amines) is 1. The largest absolute Gasteiger partial charge is 0.336 e. The molecule has 5 nitrogen and oxygen atoms in total. The van der Waals surface area contributed by atoms with Crippen LogP contribution in [0.1, 0.15) is 49.8 Å². The average molecular weight is 301 g/mol. The number of rotatable bonds is 1. The molecular weight excluding hydrogens is 276 g/mol. The number of carbonyl (C=O) groups excluding carboxylic acids is 1. The lowest BCUT2D eigenvalue weighted by Gasteiger charge is -2.30. The number of hydrogen-bond donors (Lipinski definition) is 1.